The Labute approximate surface area is 110 Å². The summed E-state index contributed by atoms with van der Waals surface area (Å²) >= 11 is 0. The van der Waals surface area contributed by atoms with Gasteiger partial charge in [-0.1, -0.05) is 0 Å². The zero-order valence-corrected chi connectivity index (χ0v) is 11.2. The number of halogens is 1. The second-order valence-corrected chi connectivity index (χ2v) is 4.24. The van der Waals surface area contributed by atoms with E-state index in [0.717, 1.165) is 5.52 Å². The highest BCUT2D eigenvalue weighted by Crippen LogP contribution is 2.23. The number of carbonyl (C=O) groups is 1. The minimum Gasteiger partial charge on any atom is -0.461 e. The molecular weight excluding hydrogens is 249 g/mol. The van der Waals surface area contributed by atoms with E-state index in [2.05, 4.69) is 0 Å². The first-order valence-electron chi connectivity index (χ1n) is 6.02. The fourth-order valence-corrected chi connectivity index (χ4v) is 2.07. The van der Waals surface area contributed by atoms with Crippen LogP contribution in [0.5, 0.6) is 0 Å². The second kappa shape index (κ2) is 5.40. The van der Waals surface area contributed by atoms with Gasteiger partial charge in [-0.15, -0.1) is 0 Å². The first kappa shape index (κ1) is 13.5. The lowest BCUT2D eigenvalue weighted by molar-refractivity contribution is 0.0516. The molecule has 0 saturated heterocycles. The summed E-state index contributed by atoms with van der Waals surface area (Å²) in [6.45, 7) is 2.25. The fraction of sp³-hybridized carbons (Fsp3) is 0.357. The van der Waals surface area contributed by atoms with Crippen molar-refractivity contribution in [2.24, 2.45) is 7.05 Å². The normalized spacial score (nSPS) is 10.9. The van der Waals surface area contributed by atoms with Gasteiger partial charge in [0.1, 0.15) is 11.5 Å². The lowest BCUT2D eigenvalue weighted by atomic mass is 10.1. The Morgan fingerprint density at radius 3 is 2.74 bits per heavy atom. The van der Waals surface area contributed by atoms with Crippen molar-refractivity contribution in [3.8, 4) is 0 Å². The Morgan fingerprint density at radius 2 is 2.11 bits per heavy atom. The van der Waals surface area contributed by atoms with E-state index >= 15 is 0 Å². The number of hydrogen-bond donors (Lipinski definition) is 0. The Balaban J connectivity index is 2.54. The SMILES string of the molecule is CCOC(=O)c1cc2cc(F)c(COC)cc2n1C. The highest BCUT2D eigenvalue weighted by molar-refractivity contribution is 5.95. The molecule has 1 aromatic carbocycles. The van der Waals surface area contributed by atoms with Crippen molar-refractivity contribution < 1.29 is 18.7 Å². The molecule has 0 bridgehead atoms. The molecule has 0 aliphatic carbocycles. The van der Waals surface area contributed by atoms with E-state index in [-0.39, 0.29) is 12.4 Å². The number of aromatic nitrogens is 1. The molecule has 2 rings (SSSR count). The van der Waals surface area contributed by atoms with Crippen LogP contribution in [0.4, 0.5) is 4.39 Å². The van der Waals surface area contributed by atoms with Crippen molar-refractivity contribution in [2.75, 3.05) is 13.7 Å². The molecule has 0 saturated carbocycles. The largest absolute Gasteiger partial charge is 0.461 e. The summed E-state index contributed by atoms with van der Waals surface area (Å²) in [6, 6.07) is 4.73. The average molecular weight is 265 g/mol. The van der Waals surface area contributed by atoms with Crippen LogP contribution in [-0.4, -0.2) is 24.3 Å². The summed E-state index contributed by atoms with van der Waals surface area (Å²) in [7, 11) is 3.27. The number of nitrogens with zero attached hydrogens (tertiary/aromatic N) is 1. The fourth-order valence-electron chi connectivity index (χ4n) is 2.07. The van der Waals surface area contributed by atoms with Gasteiger partial charge in [-0.05, 0) is 25.1 Å². The summed E-state index contributed by atoms with van der Waals surface area (Å²) in [5.74, 6) is -0.745. The minimum absolute atomic E-state index is 0.196. The van der Waals surface area contributed by atoms with Gasteiger partial charge < -0.3 is 14.0 Å². The molecule has 0 aliphatic rings. The van der Waals surface area contributed by atoms with E-state index in [4.69, 9.17) is 9.47 Å². The topological polar surface area (TPSA) is 40.5 Å². The van der Waals surface area contributed by atoms with E-state index in [0.29, 0.717) is 23.3 Å². The van der Waals surface area contributed by atoms with Crippen molar-refractivity contribution in [2.45, 2.75) is 13.5 Å². The van der Waals surface area contributed by atoms with Crippen molar-refractivity contribution in [3.63, 3.8) is 0 Å². The number of carbonyl (C=O) groups excluding carboxylic acids is 1. The van der Waals surface area contributed by atoms with Crippen LogP contribution in [-0.2, 0) is 23.1 Å². The number of aryl methyl sites for hydroxylation is 1. The Bertz CT molecular complexity index is 619. The first-order chi connectivity index (χ1) is 9.08. The van der Waals surface area contributed by atoms with Gasteiger partial charge in [-0.3, -0.25) is 0 Å². The molecular formula is C14H16FNO3. The zero-order chi connectivity index (χ0) is 14.0. The van der Waals surface area contributed by atoms with Gasteiger partial charge in [0.2, 0.25) is 0 Å². The Hall–Kier alpha value is -1.88. The standard InChI is InChI=1S/C14H16FNO3/c1-4-19-14(17)13-6-9-5-11(15)10(8-18-3)7-12(9)16(13)2/h5-7H,4,8H2,1-3H3. The predicted octanol–water partition coefficient (Wildman–Crippen LogP) is 2.64. The molecule has 0 unspecified atom stereocenters. The van der Waals surface area contributed by atoms with E-state index in [1.165, 1.54) is 13.2 Å². The Kier molecular flexibility index (Phi) is 3.85. The maximum absolute atomic E-state index is 13.8. The zero-order valence-electron chi connectivity index (χ0n) is 11.2. The summed E-state index contributed by atoms with van der Waals surface area (Å²) in [4.78, 5) is 11.8. The van der Waals surface area contributed by atoms with Crippen molar-refractivity contribution >= 4 is 16.9 Å². The molecule has 0 atom stereocenters. The van der Waals surface area contributed by atoms with Crippen molar-refractivity contribution in [3.05, 3.63) is 35.3 Å². The molecule has 0 spiro atoms. The number of methoxy groups -OCH3 is 1. The van der Waals surface area contributed by atoms with Gasteiger partial charge in [0.15, 0.2) is 0 Å². The minimum atomic E-state index is -0.408. The molecule has 0 radical (unpaired) electrons. The van der Waals surface area contributed by atoms with Crippen LogP contribution in [0, 0.1) is 5.82 Å². The summed E-state index contributed by atoms with van der Waals surface area (Å²) in [5.41, 5.74) is 1.65. The van der Waals surface area contributed by atoms with Gasteiger partial charge in [-0.25, -0.2) is 9.18 Å². The number of ether oxygens (including phenoxy) is 2. The molecule has 5 heteroatoms. The molecule has 1 aromatic heterocycles. The third-order valence-electron chi connectivity index (χ3n) is 3.00. The third-order valence-corrected chi connectivity index (χ3v) is 3.00. The maximum Gasteiger partial charge on any atom is 0.354 e. The second-order valence-electron chi connectivity index (χ2n) is 4.24. The predicted molar refractivity (Wildman–Crippen MR) is 69.5 cm³/mol. The van der Waals surface area contributed by atoms with Crippen LogP contribution in [0.1, 0.15) is 23.0 Å². The van der Waals surface area contributed by atoms with Gasteiger partial charge in [0.25, 0.3) is 0 Å². The summed E-state index contributed by atoms with van der Waals surface area (Å²) in [6.07, 6.45) is 0. The van der Waals surface area contributed by atoms with Gasteiger partial charge >= 0.3 is 5.97 Å². The third kappa shape index (κ3) is 2.46. The number of rotatable bonds is 4. The van der Waals surface area contributed by atoms with Crippen LogP contribution in [0.2, 0.25) is 0 Å². The maximum atomic E-state index is 13.8. The highest BCUT2D eigenvalue weighted by Gasteiger charge is 2.16. The Morgan fingerprint density at radius 1 is 1.37 bits per heavy atom. The summed E-state index contributed by atoms with van der Waals surface area (Å²) < 4.78 is 25.4. The van der Waals surface area contributed by atoms with Crippen LogP contribution in [0.15, 0.2) is 18.2 Å². The summed E-state index contributed by atoms with van der Waals surface area (Å²) in [5, 5.41) is 0.669. The lowest BCUT2D eigenvalue weighted by Gasteiger charge is -2.05. The monoisotopic (exact) mass is 265 g/mol. The molecule has 0 aliphatic heterocycles. The molecule has 102 valence electrons. The molecule has 2 aromatic rings. The van der Waals surface area contributed by atoms with E-state index in [1.807, 2.05) is 0 Å². The quantitative estimate of drug-likeness (QED) is 0.798. The number of hydrogen-bond acceptors (Lipinski definition) is 3. The van der Waals surface area contributed by atoms with Crippen molar-refractivity contribution in [1.29, 1.82) is 0 Å². The van der Waals surface area contributed by atoms with E-state index < -0.39 is 5.97 Å². The molecule has 4 nitrogen and oxygen atoms in total. The molecule has 19 heavy (non-hydrogen) atoms. The average Bonchev–Trinajstić information content (AvgIpc) is 2.68. The number of benzene rings is 1. The smallest absolute Gasteiger partial charge is 0.354 e. The molecule has 1 heterocycles. The van der Waals surface area contributed by atoms with Gasteiger partial charge in [0, 0.05) is 30.6 Å². The van der Waals surface area contributed by atoms with Crippen LogP contribution < -0.4 is 0 Å². The van der Waals surface area contributed by atoms with Crippen LogP contribution in [0.3, 0.4) is 0 Å². The molecule has 0 fully saturated rings. The first-order valence-corrected chi connectivity index (χ1v) is 6.02. The van der Waals surface area contributed by atoms with Crippen LogP contribution >= 0.6 is 0 Å². The van der Waals surface area contributed by atoms with E-state index in [9.17, 15) is 9.18 Å². The highest BCUT2D eigenvalue weighted by atomic mass is 19.1. The van der Waals surface area contributed by atoms with Crippen molar-refractivity contribution in [1.82, 2.24) is 4.57 Å². The van der Waals surface area contributed by atoms with Gasteiger partial charge in [0.05, 0.1) is 13.2 Å². The van der Waals surface area contributed by atoms with Gasteiger partial charge in [-0.2, -0.15) is 0 Å². The molecule has 0 N–H and O–H groups in total. The number of fused-ring (bicyclic) bond motifs is 1. The van der Waals surface area contributed by atoms with Crippen LogP contribution in [0.25, 0.3) is 10.9 Å². The number of esters is 1. The molecule has 0 amide bonds. The lowest BCUT2D eigenvalue weighted by Crippen LogP contribution is -2.09. The van der Waals surface area contributed by atoms with E-state index in [1.54, 1.807) is 30.7 Å².